The predicted octanol–water partition coefficient (Wildman–Crippen LogP) is 1.57. The summed E-state index contributed by atoms with van der Waals surface area (Å²) in [4.78, 5) is 45.6. The van der Waals surface area contributed by atoms with Crippen molar-refractivity contribution in [2.24, 2.45) is 0 Å². The van der Waals surface area contributed by atoms with Gasteiger partial charge in [-0.3, -0.25) is 14.4 Å². The highest BCUT2D eigenvalue weighted by atomic mass is 32.2. The van der Waals surface area contributed by atoms with Gasteiger partial charge >= 0.3 is 17.9 Å². The summed E-state index contributed by atoms with van der Waals surface area (Å²) < 4.78 is 9.91. The zero-order valence-corrected chi connectivity index (χ0v) is 14.1. The van der Waals surface area contributed by atoms with E-state index in [2.05, 4.69) is 0 Å². The lowest BCUT2D eigenvalue weighted by atomic mass is 10.0. The summed E-state index contributed by atoms with van der Waals surface area (Å²) in [6.45, 7) is 2.90. The average Bonchev–Trinajstić information content (AvgIpc) is 2.45. The largest absolute Gasteiger partial charge is 0.478 e. The topological polar surface area (TPSA) is 107 Å². The van der Waals surface area contributed by atoms with Crippen LogP contribution in [0.1, 0.15) is 46.0 Å². The number of hydrogen-bond acceptors (Lipinski definition) is 7. The third kappa shape index (κ3) is 8.01. The van der Waals surface area contributed by atoms with Crippen molar-refractivity contribution in [2.45, 2.75) is 63.4 Å². The van der Waals surface area contributed by atoms with E-state index >= 15 is 0 Å². The quantitative estimate of drug-likeness (QED) is 0.748. The number of Topliss-reactive ketones (excluding diaryl/α,β-unsaturated/α-hetero) is 1. The molecule has 3 atom stereocenters. The fraction of sp³-hybridized carbons (Fsp3) is 0.733. The number of ketones is 1. The number of thioether (sulfide) groups is 1. The fourth-order valence-electron chi connectivity index (χ4n) is 2.17. The number of aliphatic carboxylic acids is 1. The van der Waals surface area contributed by atoms with E-state index in [1.165, 1.54) is 11.8 Å². The van der Waals surface area contributed by atoms with E-state index in [-0.39, 0.29) is 41.7 Å². The molecule has 7 nitrogen and oxygen atoms in total. The standard InChI is InChI=1S/C15H22O7S/c1-9-3-4-11(17)7-12(5-6-14(18)21-9)23-8-13(15(19)20)22-10(2)16/h9,12-13H,3-8H2,1-2H3,(H,19,20). The summed E-state index contributed by atoms with van der Waals surface area (Å²) in [7, 11) is 0. The molecule has 3 unspecified atom stereocenters. The molecule has 0 amide bonds. The van der Waals surface area contributed by atoms with Crippen LogP contribution in [0.2, 0.25) is 0 Å². The molecule has 1 heterocycles. The normalized spacial score (nSPS) is 24.4. The molecule has 1 saturated heterocycles. The van der Waals surface area contributed by atoms with Crippen molar-refractivity contribution in [2.75, 3.05) is 5.75 Å². The first-order valence-corrected chi connectivity index (χ1v) is 8.55. The Bertz CT molecular complexity index is 463. The molecule has 1 aliphatic heterocycles. The Morgan fingerprint density at radius 3 is 2.65 bits per heavy atom. The molecule has 23 heavy (non-hydrogen) atoms. The molecule has 0 radical (unpaired) electrons. The van der Waals surface area contributed by atoms with Crippen molar-refractivity contribution >= 4 is 35.5 Å². The minimum Gasteiger partial charge on any atom is -0.478 e. The molecule has 8 heteroatoms. The van der Waals surface area contributed by atoms with Crippen LogP contribution in [-0.2, 0) is 28.7 Å². The molecule has 130 valence electrons. The van der Waals surface area contributed by atoms with Crippen LogP contribution in [-0.4, -0.2) is 52.0 Å². The van der Waals surface area contributed by atoms with Gasteiger partial charge < -0.3 is 14.6 Å². The maximum Gasteiger partial charge on any atom is 0.345 e. The molecule has 0 aromatic rings. The van der Waals surface area contributed by atoms with Gasteiger partial charge in [0.1, 0.15) is 5.78 Å². The summed E-state index contributed by atoms with van der Waals surface area (Å²) in [5.74, 6) is -2.11. The monoisotopic (exact) mass is 346 g/mol. The second-order valence-corrected chi connectivity index (χ2v) is 6.85. The third-order valence-corrected chi connectivity index (χ3v) is 4.72. The Balaban J connectivity index is 2.60. The maximum absolute atomic E-state index is 11.9. The van der Waals surface area contributed by atoms with Gasteiger partial charge in [0.15, 0.2) is 0 Å². The first-order chi connectivity index (χ1) is 10.8. The van der Waals surface area contributed by atoms with Crippen molar-refractivity contribution in [1.29, 1.82) is 0 Å². The molecule has 1 aliphatic rings. The Hall–Kier alpha value is -1.57. The van der Waals surface area contributed by atoms with Crippen LogP contribution in [0.3, 0.4) is 0 Å². The lowest BCUT2D eigenvalue weighted by Crippen LogP contribution is -2.30. The minimum absolute atomic E-state index is 0.0400. The SMILES string of the molecule is CC(=O)OC(CSC1CCC(=O)OC(C)CCC(=O)C1)C(=O)O. The van der Waals surface area contributed by atoms with Gasteiger partial charge in [0, 0.05) is 37.2 Å². The number of hydrogen-bond donors (Lipinski definition) is 1. The summed E-state index contributed by atoms with van der Waals surface area (Å²) in [5.41, 5.74) is 0. The van der Waals surface area contributed by atoms with Crippen molar-refractivity contribution in [3.63, 3.8) is 0 Å². The number of carbonyl (C=O) groups excluding carboxylic acids is 3. The van der Waals surface area contributed by atoms with E-state index in [9.17, 15) is 19.2 Å². The third-order valence-electron chi connectivity index (χ3n) is 3.36. The number of cyclic esters (lactones) is 1. The molecule has 0 saturated carbocycles. The molecular formula is C15H22O7S. The van der Waals surface area contributed by atoms with E-state index in [4.69, 9.17) is 14.6 Å². The van der Waals surface area contributed by atoms with Gasteiger partial charge in [-0.15, -0.1) is 0 Å². The maximum atomic E-state index is 11.9. The predicted molar refractivity (Wildman–Crippen MR) is 83.1 cm³/mol. The van der Waals surface area contributed by atoms with Crippen LogP contribution in [0.15, 0.2) is 0 Å². The minimum atomic E-state index is -1.25. The molecule has 0 aliphatic carbocycles. The molecule has 0 aromatic heterocycles. The van der Waals surface area contributed by atoms with Gasteiger partial charge in [-0.1, -0.05) is 0 Å². The Labute approximate surface area is 139 Å². The Morgan fingerprint density at radius 2 is 2.04 bits per heavy atom. The van der Waals surface area contributed by atoms with Gasteiger partial charge in [0.25, 0.3) is 0 Å². The Kier molecular flexibility index (Phi) is 8.08. The molecule has 0 bridgehead atoms. The van der Waals surface area contributed by atoms with Crippen LogP contribution in [0.5, 0.6) is 0 Å². The van der Waals surface area contributed by atoms with Gasteiger partial charge in [0.2, 0.25) is 6.10 Å². The highest BCUT2D eigenvalue weighted by Gasteiger charge is 2.25. The van der Waals surface area contributed by atoms with Crippen molar-refractivity contribution in [3.8, 4) is 0 Å². The van der Waals surface area contributed by atoms with Gasteiger partial charge in [-0.2, -0.15) is 11.8 Å². The average molecular weight is 346 g/mol. The number of carboxylic acids is 1. The van der Waals surface area contributed by atoms with E-state index in [1.54, 1.807) is 6.92 Å². The molecule has 1 N–H and O–H groups in total. The summed E-state index contributed by atoms with van der Waals surface area (Å²) in [6, 6.07) is 0. The smallest absolute Gasteiger partial charge is 0.345 e. The summed E-state index contributed by atoms with van der Waals surface area (Å²) in [6.07, 6.45) is 0.183. The summed E-state index contributed by atoms with van der Waals surface area (Å²) >= 11 is 1.23. The van der Waals surface area contributed by atoms with Gasteiger partial charge in [0.05, 0.1) is 6.10 Å². The first-order valence-electron chi connectivity index (χ1n) is 7.50. The number of esters is 2. The van der Waals surface area contributed by atoms with Crippen LogP contribution >= 0.6 is 11.8 Å². The van der Waals surface area contributed by atoms with Gasteiger partial charge in [-0.05, 0) is 19.8 Å². The second-order valence-electron chi connectivity index (χ2n) is 5.51. The van der Waals surface area contributed by atoms with Crippen molar-refractivity contribution in [3.05, 3.63) is 0 Å². The van der Waals surface area contributed by atoms with E-state index in [0.717, 1.165) is 6.92 Å². The number of ether oxygens (including phenoxy) is 2. The van der Waals surface area contributed by atoms with Crippen molar-refractivity contribution in [1.82, 2.24) is 0 Å². The molecular weight excluding hydrogens is 324 g/mol. The van der Waals surface area contributed by atoms with E-state index in [0.29, 0.717) is 19.3 Å². The van der Waals surface area contributed by atoms with Crippen LogP contribution in [0, 0.1) is 0 Å². The highest BCUT2D eigenvalue weighted by Crippen LogP contribution is 2.25. The molecule has 0 aromatic carbocycles. The van der Waals surface area contributed by atoms with E-state index in [1.807, 2.05) is 0 Å². The van der Waals surface area contributed by atoms with Crippen molar-refractivity contribution < 1.29 is 33.8 Å². The fourth-order valence-corrected chi connectivity index (χ4v) is 3.41. The zero-order valence-electron chi connectivity index (χ0n) is 13.3. The van der Waals surface area contributed by atoms with Gasteiger partial charge in [-0.25, -0.2) is 4.79 Å². The number of carbonyl (C=O) groups is 4. The Morgan fingerprint density at radius 1 is 1.35 bits per heavy atom. The van der Waals surface area contributed by atoms with Crippen LogP contribution in [0.25, 0.3) is 0 Å². The highest BCUT2D eigenvalue weighted by molar-refractivity contribution is 8.00. The molecule has 1 fully saturated rings. The van der Waals surface area contributed by atoms with Crippen LogP contribution in [0.4, 0.5) is 0 Å². The molecule has 1 rings (SSSR count). The second kappa shape index (κ2) is 9.54. The number of carboxylic acid groups (broad SMARTS) is 1. The zero-order chi connectivity index (χ0) is 17.4. The van der Waals surface area contributed by atoms with Crippen LogP contribution < -0.4 is 0 Å². The molecule has 0 spiro atoms. The summed E-state index contributed by atoms with van der Waals surface area (Å²) in [5, 5.41) is 8.83. The first kappa shape index (κ1) is 19.5. The van der Waals surface area contributed by atoms with E-state index < -0.39 is 18.0 Å². The lowest BCUT2D eigenvalue weighted by Gasteiger charge is -2.21. The lowest BCUT2D eigenvalue weighted by molar-refractivity contribution is -0.160. The number of rotatable bonds is 5.